The van der Waals surface area contributed by atoms with Crippen molar-refractivity contribution in [1.29, 1.82) is 0 Å². The first kappa shape index (κ1) is 39.7. The van der Waals surface area contributed by atoms with E-state index >= 15 is 0 Å². The lowest BCUT2D eigenvalue weighted by Gasteiger charge is -2.30. The van der Waals surface area contributed by atoms with Crippen LogP contribution in [-0.4, -0.2) is 88.4 Å². The van der Waals surface area contributed by atoms with Crippen LogP contribution in [0.2, 0.25) is 0 Å². The molecule has 0 saturated carbocycles. The Morgan fingerprint density at radius 1 is 0.403 bits per heavy atom. The molecule has 0 fully saturated rings. The maximum atomic E-state index is 14.5. The summed E-state index contributed by atoms with van der Waals surface area (Å²) >= 11 is 0. The van der Waals surface area contributed by atoms with E-state index in [1.54, 1.807) is 31.4 Å². The molecule has 0 saturated heterocycles. The maximum Gasteiger partial charge on any atom is 0.265 e. The minimum absolute atomic E-state index is 0.0991. The fraction of sp³-hybridized carbons (Fsp3) is 0.176. The zero-order chi connectivity index (χ0) is 42.3. The van der Waals surface area contributed by atoms with Gasteiger partial charge in [0.15, 0.2) is 0 Å². The predicted octanol–water partition coefficient (Wildman–Crippen LogP) is 7.59. The van der Waals surface area contributed by atoms with Crippen LogP contribution in [0.3, 0.4) is 0 Å². The number of carbonyl (C=O) groups excluding carboxylic acids is 4. The fourth-order valence-corrected chi connectivity index (χ4v) is 11.2. The second kappa shape index (κ2) is 16.8. The maximum absolute atomic E-state index is 14.5. The number of hydrogen-bond donors (Lipinski definition) is 0. The third-order valence-corrected chi connectivity index (χ3v) is 14.2. The Morgan fingerprint density at radius 3 is 1.23 bits per heavy atom. The number of carbonyl (C=O) groups is 4. The molecule has 8 aromatic rings. The standard InChI is InChI=1S/C51H41N2O8P/c1-58-26-27-60-30-31-61-29-28-59-25-24-52-48(54)40-20-16-36-38-18-22-42-47-43(23-19-39(45(38)47)37-17-21-41(49(52)55)46(40)44(36)37)51(57)53(50(42)56)32-12-14-35(15-13-32)62(33-8-4-2-5-9-33)34-10-6-3-7-11-34/h2-23H,24-31H2,1H3. The Morgan fingerprint density at radius 2 is 0.790 bits per heavy atom. The van der Waals surface area contributed by atoms with Gasteiger partial charge in [0.2, 0.25) is 0 Å². The summed E-state index contributed by atoms with van der Waals surface area (Å²) in [6.45, 7) is 2.87. The Kier molecular flexibility index (Phi) is 10.8. The number of amides is 4. The molecule has 0 bridgehead atoms. The highest BCUT2D eigenvalue weighted by Gasteiger charge is 2.37. The summed E-state index contributed by atoms with van der Waals surface area (Å²) in [5.41, 5.74) is 2.27. The summed E-state index contributed by atoms with van der Waals surface area (Å²) in [5.74, 6) is -1.54. The number of hydrogen-bond acceptors (Lipinski definition) is 8. The first-order valence-corrected chi connectivity index (χ1v) is 22.0. The average molecular weight is 841 g/mol. The summed E-state index contributed by atoms with van der Waals surface area (Å²) in [6, 6.07) is 43.4. The molecular weight excluding hydrogens is 800 g/mol. The van der Waals surface area contributed by atoms with Crippen LogP contribution in [0.25, 0.3) is 43.1 Å². The van der Waals surface area contributed by atoms with Gasteiger partial charge in [0.25, 0.3) is 23.6 Å². The normalized spacial score (nSPS) is 13.9. The van der Waals surface area contributed by atoms with Gasteiger partial charge in [-0.1, -0.05) is 97.1 Å². The first-order chi connectivity index (χ1) is 30.5. The second-order valence-corrected chi connectivity index (χ2v) is 17.4. The number of methoxy groups -OCH3 is 1. The van der Waals surface area contributed by atoms with Crippen molar-refractivity contribution in [3.8, 4) is 0 Å². The minimum Gasteiger partial charge on any atom is -0.382 e. The third kappa shape index (κ3) is 6.72. The van der Waals surface area contributed by atoms with E-state index in [1.165, 1.54) is 20.4 Å². The molecule has 10 rings (SSSR count). The molecule has 0 aliphatic carbocycles. The average Bonchev–Trinajstić information content (AvgIpc) is 3.31. The van der Waals surface area contributed by atoms with Crippen molar-refractivity contribution in [1.82, 2.24) is 4.90 Å². The van der Waals surface area contributed by atoms with Crippen molar-refractivity contribution < 1.29 is 38.1 Å². The van der Waals surface area contributed by atoms with Gasteiger partial charge in [-0.25, -0.2) is 4.90 Å². The van der Waals surface area contributed by atoms with Crippen molar-refractivity contribution in [3.63, 3.8) is 0 Å². The quantitative estimate of drug-likeness (QED) is 0.0322. The molecule has 0 radical (unpaired) electrons. The van der Waals surface area contributed by atoms with Gasteiger partial charge < -0.3 is 18.9 Å². The lowest BCUT2D eigenvalue weighted by molar-refractivity contribution is 0.00148. The van der Waals surface area contributed by atoms with Gasteiger partial charge in [-0.3, -0.25) is 24.1 Å². The molecule has 62 heavy (non-hydrogen) atoms. The summed E-state index contributed by atoms with van der Waals surface area (Å²) in [7, 11) is 0.755. The van der Waals surface area contributed by atoms with E-state index in [0.29, 0.717) is 78.4 Å². The Labute approximate surface area is 358 Å². The first-order valence-electron chi connectivity index (χ1n) is 20.6. The van der Waals surface area contributed by atoms with Crippen LogP contribution in [0, 0.1) is 0 Å². The SMILES string of the molecule is COCCOCCOCCOCCN1C(=O)c2ccc3c4ccc5c6c(ccc(c7ccc(c2c37)C1=O)c64)C(=O)N(c1ccc(P(c2ccccc2)c2ccccc2)cc1)C5=O. The summed E-state index contributed by atoms with van der Waals surface area (Å²) < 4.78 is 21.6. The van der Waals surface area contributed by atoms with Crippen molar-refractivity contribution in [2.24, 2.45) is 0 Å². The van der Waals surface area contributed by atoms with E-state index in [-0.39, 0.29) is 36.8 Å². The molecule has 0 unspecified atom stereocenters. The van der Waals surface area contributed by atoms with Gasteiger partial charge in [0.05, 0.1) is 58.5 Å². The van der Waals surface area contributed by atoms with Crippen LogP contribution in [-0.2, 0) is 18.9 Å². The van der Waals surface area contributed by atoms with Gasteiger partial charge in [0, 0.05) is 40.1 Å². The Balaban J connectivity index is 0.935. The van der Waals surface area contributed by atoms with E-state index in [0.717, 1.165) is 37.6 Å². The van der Waals surface area contributed by atoms with Crippen LogP contribution in [0.1, 0.15) is 41.4 Å². The summed E-state index contributed by atoms with van der Waals surface area (Å²) in [4.78, 5) is 59.4. The van der Waals surface area contributed by atoms with Crippen molar-refractivity contribution in [2.45, 2.75) is 0 Å². The van der Waals surface area contributed by atoms with Crippen LogP contribution in [0.15, 0.2) is 133 Å². The van der Waals surface area contributed by atoms with Crippen LogP contribution >= 0.6 is 7.92 Å². The summed E-state index contributed by atoms with van der Waals surface area (Å²) in [5, 5.41) is 9.70. The Hall–Kier alpha value is -6.39. The number of anilines is 1. The molecule has 10 nitrogen and oxygen atoms in total. The number of ether oxygens (including phenoxy) is 4. The molecule has 0 atom stereocenters. The van der Waals surface area contributed by atoms with Gasteiger partial charge >= 0.3 is 0 Å². The topological polar surface area (TPSA) is 112 Å². The molecule has 2 aliphatic heterocycles. The van der Waals surface area contributed by atoms with E-state index in [1.807, 2.05) is 84.9 Å². The predicted molar refractivity (Wildman–Crippen MR) is 244 cm³/mol. The molecule has 11 heteroatoms. The molecular formula is C51H41N2O8P. The number of fused-ring (bicyclic) bond motifs is 2. The van der Waals surface area contributed by atoms with Crippen molar-refractivity contribution >= 4 is 96.2 Å². The number of nitrogens with zero attached hydrogens (tertiary/aromatic N) is 2. The summed E-state index contributed by atoms with van der Waals surface area (Å²) in [6.07, 6.45) is 0. The minimum atomic E-state index is -0.865. The van der Waals surface area contributed by atoms with Gasteiger partial charge in [0.1, 0.15) is 0 Å². The van der Waals surface area contributed by atoms with E-state index in [4.69, 9.17) is 18.9 Å². The molecule has 308 valence electrons. The van der Waals surface area contributed by atoms with E-state index in [9.17, 15) is 19.2 Å². The molecule has 0 aromatic heterocycles. The largest absolute Gasteiger partial charge is 0.382 e. The third-order valence-electron chi connectivity index (χ3n) is 11.7. The van der Waals surface area contributed by atoms with Crippen LogP contribution in [0.5, 0.6) is 0 Å². The van der Waals surface area contributed by atoms with Gasteiger partial charge in [-0.15, -0.1) is 0 Å². The molecule has 2 aliphatic rings. The van der Waals surface area contributed by atoms with E-state index in [2.05, 4.69) is 24.3 Å². The van der Waals surface area contributed by atoms with Gasteiger partial charge in [-0.2, -0.15) is 0 Å². The lowest BCUT2D eigenvalue weighted by atomic mass is 9.82. The van der Waals surface area contributed by atoms with Crippen molar-refractivity contribution in [2.75, 3.05) is 64.8 Å². The lowest BCUT2D eigenvalue weighted by Crippen LogP contribution is -2.42. The van der Waals surface area contributed by atoms with Crippen molar-refractivity contribution in [3.05, 3.63) is 156 Å². The second-order valence-electron chi connectivity index (χ2n) is 15.2. The van der Waals surface area contributed by atoms with E-state index < -0.39 is 7.92 Å². The monoisotopic (exact) mass is 840 g/mol. The molecule has 8 aromatic carbocycles. The van der Waals surface area contributed by atoms with Crippen LogP contribution in [0.4, 0.5) is 5.69 Å². The van der Waals surface area contributed by atoms with Gasteiger partial charge in [-0.05, 0) is 92.6 Å². The molecule has 4 amide bonds. The zero-order valence-corrected chi connectivity index (χ0v) is 34.9. The molecule has 0 spiro atoms. The highest BCUT2D eigenvalue weighted by molar-refractivity contribution is 7.79. The highest BCUT2D eigenvalue weighted by atomic mass is 31.1. The fourth-order valence-electron chi connectivity index (χ4n) is 8.95. The van der Waals surface area contributed by atoms with Crippen LogP contribution < -0.4 is 20.8 Å². The highest BCUT2D eigenvalue weighted by Crippen LogP contribution is 2.46. The molecule has 0 N–H and O–H groups in total. The number of benzene rings is 8. The number of rotatable bonds is 16. The smallest absolute Gasteiger partial charge is 0.265 e. The Bertz CT molecular complexity index is 2870. The number of imide groups is 2. The zero-order valence-electron chi connectivity index (χ0n) is 34.0. The molecule has 2 heterocycles.